The summed E-state index contributed by atoms with van der Waals surface area (Å²) < 4.78 is 11.8. The van der Waals surface area contributed by atoms with Crippen molar-refractivity contribution in [3.8, 4) is 11.6 Å². The highest BCUT2D eigenvalue weighted by molar-refractivity contribution is 5.84. The molecule has 2 saturated heterocycles. The fraction of sp³-hybridized carbons (Fsp3) is 0.455. The van der Waals surface area contributed by atoms with Crippen LogP contribution in [0.3, 0.4) is 0 Å². The van der Waals surface area contributed by atoms with Crippen LogP contribution in [0.5, 0.6) is 11.6 Å². The maximum Gasteiger partial charge on any atom is 0.257 e. The van der Waals surface area contributed by atoms with Crippen molar-refractivity contribution >= 4 is 5.91 Å². The van der Waals surface area contributed by atoms with Crippen LogP contribution < -0.4 is 14.8 Å². The summed E-state index contributed by atoms with van der Waals surface area (Å²) in [5.74, 6) is 1.53. The summed E-state index contributed by atoms with van der Waals surface area (Å²) in [5, 5.41) is 3.00. The van der Waals surface area contributed by atoms with Crippen LogP contribution in [-0.4, -0.2) is 42.0 Å². The van der Waals surface area contributed by atoms with Crippen molar-refractivity contribution in [2.45, 2.75) is 31.9 Å². The first kappa shape index (κ1) is 17.5. The lowest BCUT2D eigenvalue weighted by atomic mass is 9.77. The van der Waals surface area contributed by atoms with E-state index in [-0.39, 0.29) is 17.4 Å². The number of carbonyl (C=O) groups excluding carboxylic acids is 1. The summed E-state index contributed by atoms with van der Waals surface area (Å²) in [7, 11) is 0. The van der Waals surface area contributed by atoms with Gasteiger partial charge in [-0.15, -0.1) is 0 Å². The number of aromatic nitrogens is 1. The van der Waals surface area contributed by atoms with Crippen LogP contribution in [0.25, 0.3) is 0 Å². The minimum Gasteiger partial charge on any atom is -0.484 e. The van der Waals surface area contributed by atoms with Gasteiger partial charge in [-0.3, -0.25) is 9.69 Å². The third-order valence-corrected chi connectivity index (χ3v) is 6.32. The molecule has 3 aliphatic heterocycles. The Balaban J connectivity index is 1.19. The molecule has 0 radical (unpaired) electrons. The number of hydrogen-bond acceptors (Lipinski definition) is 5. The lowest BCUT2D eigenvalue weighted by Gasteiger charge is -2.37. The summed E-state index contributed by atoms with van der Waals surface area (Å²) in [5.41, 5.74) is 2.29. The molecule has 1 aromatic heterocycles. The number of piperidine rings is 1. The molecule has 5 rings (SSSR count). The van der Waals surface area contributed by atoms with Gasteiger partial charge in [0, 0.05) is 19.3 Å². The highest BCUT2D eigenvalue weighted by Gasteiger charge is 2.44. The minimum atomic E-state index is -0.132. The van der Waals surface area contributed by atoms with Crippen LogP contribution in [0.4, 0.5) is 0 Å². The molecule has 1 amide bonds. The van der Waals surface area contributed by atoms with Gasteiger partial charge >= 0.3 is 0 Å². The van der Waals surface area contributed by atoms with Gasteiger partial charge < -0.3 is 14.8 Å². The molecule has 1 N–H and O–H groups in total. The van der Waals surface area contributed by atoms with E-state index < -0.39 is 0 Å². The van der Waals surface area contributed by atoms with Gasteiger partial charge in [0.25, 0.3) is 5.88 Å². The van der Waals surface area contributed by atoms with Gasteiger partial charge in [-0.25, -0.2) is 4.98 Å². The average molecular weight is 379 g/mol. The summed E-state index contributed by atoms with van der Waals surface area (Å²) >= 11 is 0. The number of benzene rings is 1. The summed E-state index contributed by atoms with van der Waals surface area (Å²) in [6.45, 7) is 4.22. The second kappa shape index (κ2) is 7.09. The largest absolute Gasteiger partial charge is 0.484 e. The fourth-order valence-electron chi connectivity index (χ4n) is 4.50. The zero-order valence-corrected chi connectivity index (χ0v) is 15.9. The number of amides is 1. The average Bonchev–Trinajstić information content (AvgIpc) is 3.10. The second-order valence-corrected chi connectivity index (χ2v) is 8.03. The molecule has 2 fully saturated rings. The SMILES string of the molecule is O=C1NCCC12CCN(Cc1ccc(C3COc4cccnc4O3)cc1)CC2. The van der Waals surface area contributed by atoms with Gasteiger partial charge in [-0.2, -0.15) is 0 Å². The molecule has 0 aliphatic carbocycles. The fourth-order valence-corrected chi connectivity index (χ4v) is 4.50. The maximum atomic E-state index is 12.1. The number of fused-ring (bicyclic) bond motifs is 1. The first-order valence-corrected chi connectivity index (χ1v) is 10.1. The van der Waals surface area contributed by atoms with Gasteiger partial charge in [-0.05, 0) is 55.6 Å². The van der Waals surface area contributed by atoms with Crippen LogP contribution >= 0.6 is 0 Å². The van der Waals surface area contributed by atoms with E-state index in [4.69, 9.17) is 9.47 Å². The van der Waals surface area contributed by atoms with E-state index in [1.54, 1.807) is 6.20 Å². The molecule has 2 aromatic rings. The van der Waals surface area contributed by atoms with Gasteiger partial charge in [0.05, 0.1) is 5.41 Å². The lowest BCUT2D eigenvalue weighted by molar-refractivity contribution is -0.130. The van der Waals surface area contributed by atoms with Crippen molar-refractivity contribution in [1.82, 2.24) is 15.2 Å². The zero-order chi connectivity index (χ0) is 19.0. The van der Waals surface area contributed by atoms with Crippen molar-refractivity contribution in [2.75, 3.05) is 26.2 Å². The van der Waals surface area contributed by atoms with Crippen molar-refractivity contribution in [3.05, 3.63) is 53.7 Å². The predicted molar refractivity (Wildman–Crippen MR) is 104 cm³/mol. The van der Waals surface area contributed by atoms with Crippen LogP contribution in [0.1, 0.15) is 36.5 Å². The third kappa shape index (κ3) is 3.22. The maximum absolute atomic E-state index is 12.1. The number of hydrogen-bond donors (Lipinski definition) is 1. The Labute approximate surface area is 164 Å². The molecule has 1 atom stereocenters. The number of rotatable bonds is 3. The minimum absolute atomic E-state index is 0.0942. The molecule has 1 unspecified atom stereocenters. The van der Waals surface area contributed by atoms with E-state index in [0.717, 1.165) is 51.0 Å². The number of likely N-dealkylation sites (tertiary alicyclic amines) is 1. The Morgan fingerprint density at radius 2 is 1.96 bits per heavy atom. The smallest absolute Gasteiger partial charge is 0.257 e. The van der Waals surface area contributed by atoms with Crippen molar-refractivity contribution in [3.63, 3.8) is 0 Å². The van der Waals surface area contributed by atoms with E-state index in [2.05, 4.69) is 39.5 Å². The van der Waals surface area contributed by atoms with E-state index in [0.29, 0.717) is 18.2 Å². The second-order valence-electron chi connectivity index (χ2n) is 8.03. The van der Waals surface area contributed by atoms with Crippen LogP contribution in [0.15, 0.2) is 42.6 Å². The van der Waals surface area contributed by atoms with E-state index in [1.165, 1.54) is 5.56 Å². The summed E-state index contributed by atoms with van der Waals surface area (Å²) in [6.07, 6.45) is 4.52. The quantitative estimate of drug-likeness (QED) is 0.888. The molecular weight excluding hydrogens is 354 g/mol. The Morgan fingerprint density at radius 3 is 2.71 bits per heavy atom. The van der Waals surface area contributed by atoms with Gasteiger partial charge in [0.15, 0.2) is 11.9 Å². The molecule has 1 aromatic carbocycles. The summed E-state index contributed by atoms with van der Waals surface area (Å²) in [4.78, 5) is 18.8. The molecule has 1 spiro atoms. The van der Waals surface area contributed by atoms with E-state index in [9.17, 15) is 4.79 Å². The van der Waals surface area contributed by atoms with Crippen LogP contribution in [-0.2, 0) is 11.3 Å². The predicted octanol–water partition coefficient (Wildman–Crippen LogP) is 2.70. The zero-order valence-electron chi connectivity index (χ0n) is 15.9. The highest BCUT2D eigenvalue weighted by Crippen LogP contribution is 2.38. The monoisotopic (exact) mass is 379 g/mol. The molecule has 28 heavy (non-hydrogen) atoms. The number of carbonyl (C=O) groups is 1. The first-order chi connectivity index (χ1) is 13.7. The van der Waals surface area contributed by atoms with Crippen molar-refractivity contribution in [1.29, 1.82) is 0 Å². The Morgan fingerprint density at radius 1 is 1.14 bits per heavy atom. The summed E-state index contributed by atoms with van der Waals surface area (Å²) in [6, 6.07) is 12.3. The molecule has 6 heteroatoms. The molecule has 146 valence electrons. The molecule has 6 nitrogen and oxygen atoms in total. The Kier molecular flexibility index (Phi) is 4.43. The molecule has 4 heterocycles. The van der Waals surface area contributed by atoms with Gasteiger partial charge in [0.2, 0.25) is 5.91 Å². The standard InChI is InChI=1S/C22H25N3O3/c26-21-22(7-11-24-21)8-12-25(13-9-22)14-16-3-5-17(6-4-16)19-15-27-18-2-1-10-23-20(18)28-19/h1-6,10,19H,7-9,11-15H2,(H,24,26). The Bertz CT molecular complexity index is 860. The first-order valence-electron chi connectivity index (χ1n) is 10.1. The lowest BCUT2D eigenvalue weighted by Crippen LogP contribution is -2.43. The third-order valence-electron chi connectivity index (χ3n) is 6.32. The molecule has 3 aliphatic rings. The van der Waals surface area contributed by atoms with Crippen LogP contribution in [0.2, 0.25) is 0 Å². The molecule has 0 bridgehead atoms. The van der Waals surface area contributed by atoms with E-state index >= 15 is 0 Å². The highest BCUT2D eigenvalue weighted by atomic mass is 16.6. The van der Waals surface area contributed by atoms with E-state index in [1.807, 2.05) is 12.1 Å². The van der Waals surface area contributed by atoms with Crippen molar-refractivity contribution < 1.29 is 14.3 Å². The molecule has 0 saturated carbocycles. The topological polar surface area (TPSA) is 63.7 Å². The Hall–Kier alpha value is -2.60. The number of nitrogens with one attached hydrogen (secondary N) is 1. The number of ether oxygens (including phenoxy) is 2. The number of pyridine rings is 1. The molecular formula is C22H25N3O3. The van der Waals surface area contributed by atoms with Gasteiger partial charge in [0.1, 0.15) is 6.61 Å². The van der Waals surface area contributed by atoms with Crippen molar-refractivity contribution in [2.24, 2.45) is 5.41 Å². The van der Waals surface area contributed by atoms with Gasteiger partial charge in [-0.1, -0.05) is 24.3 Å². The number of nitrogens with zero attached hydrogens (tertiary/aromatic N) is 2. The van der Waals surface area contributed by atoms with Crippen LogP contribution in [0, 0.1) is 5.41 Å². The normalized spacial score (nSPS) is 23.6.